The van der Waals surface area contributed by atoms with Crippen LogP contribution in [-0.2, 0) is 33.4 Å². The third-order valence-electron chi connectivity index (χ3n) is 13.1. The number of hydrogen-bond acceptors (Lipinski definition) is 9. The number of nitrogens with zero attached hydrogens (tertiary/aromatic N) is 1. The van der Waals surface area contributed by atoms with Gasteiger partial charge in [-0.3, -0.25) is 24.1 Å². The molecule has 1 saturated heterocycles. The molecule has 1 heterocycles. The van der Waals surface area contributed by atoms with Crippen LogP contribution in [0.2, 0.25) is 0 Å². The number of aliphatic carboxylic acids is 2. The minimum Gasteiger partial charge on any atom is -0.481 e. The van der Waals surface area contributed by atoms with Gasteiger partial charge in [0, 0.05) is 11.8 Å². The number of carboxylic acids is 2. The topological polar surface area (TPSA) is 168 Å². The number of carboxylic acid groups (broad SMARTS) is 2. The monoisotopic (exact) mass is 647 g/mol. The number of esters is 2. The number of Topliss-reactive ketones (excluding diaryl/α,β-unsaturated/α-hetero) is 1. The number of ether oxygens (including phenoxy) is 2. The predicted octanol–water partition coefficient (Wildman–Crippen LogP) is 4.22. The van der Waals surface area contributed by atoms with Crippen molar-refractivity contribution in [1.82, 2.24) is 4.90 Å². The zero-order valence-electron chi connectivity index (χ0n) is 27.9. The second-order valence-corrected chi connectivity index (χ2v) is 16.1. The van der Waals surface area contributed by atoms with Gasteiger partial charge in [0.1, 0.15) is 17.5 Å². The summed E-state index contributed by atoms with van der Waals surface area (Å²) in [6.07, 6.45) is 7.07. The summed E-state index contributed by atoms with van der Waals surface area (Å²) in [5.41, 5.74) is -4.08. The predicted molar refractivity (Wildman–Crippen MR) is 165 cm³/mol. The Bertz CT molecular complexity index is 1230. The van der Waals surface area contributed by atoms with E-state index in [0.717, 1.165) is 51.6 Å². The Balaban J connectivity index is 1.36. The number of carbonyl (C=O) groups is 5. The third kappa shape index (κ3) is 6.60. The van der Waals surface area contributed by atoms with E-state index >= 15 is 0 Å². The zero-order chi connectivity index (χ0) is 33.7. The number of aliphatic hydroxyl groups is 1. The molecule has 0 spiro atoms. The van der Waals surface area contributed by atoms with Gasteiger partial charge in [-0.2, -0.15) is 0 Å². The van der Waals surface area contributed by atoms with Crippen molar-refractivity contribution < 1.29 is 48.8 Å². The van der Waals surface area contributed by atoms with E-state index in [0.29, 0.717) is 37.5 Å². The molecule has 5 fully saturated rings. The summed E-state index contributed by atoms with van der Waals surface area (Å²) in [5, 5.41) is 28.9. The van der Waals surface area contributed by atoms with Crippen molar-refractivity contribution in [1.29, 1.82) is 0 Å². The van der Waals surface area contributed by atoms with Gasteiger partial charge in [0.05, 0.1) is 19.4 Å². The number of rotatable bonds is 10. The van der Waals surface area contributed by atoms with Crippen LogP contribution in [0, 0.1) is 40.4 Å². The number of fused-ring (bicyclic) bond motifs is 5. The Morgan fingerprint density at radius 2 is 1.54 bits per heavy atom. The normalized spacial score (nSPS) is 40.4. The first kappa shape index (κ1) is 34.8. The van der Waals surface area contributed by atoms with Crippen LogP contribution >= 0.6 is 0 Å². The molecule has 10 atom stereocenters. The fraction of sp³-hybridized carbons (Fsp3) is 0.857. The molecule has 4 unspecified atom stereocenters. The Hall–Kier alpha value is -2.53. The van der Waals surface area contributed by atoms with Gasteiger partial charge in [0.2, 0.25) is 0 Å². The van der Waals surface area contributed by atoms with Gasteiger partial charge in [-0.15, -0.1) is 0 Å². The lowest BCUT2D eigenvalue weighted by atomic mass is 9.43. The quantitative estimate of drug-likeness (QED) is 0.290. The molecule has 3 N–H and O–H groups in total. The highest BCUT2D eigenvalue weighted by atomic mass is 16.6. The molecule has 0 radical (unpaired) electrons. The summed E-state index contributed by atoms with van der Waals surface area (Å²) < 4.78 is 12.4. The first-order valence-electron chi connectivity index (χ1n) is 17.3. The number of carbonyl (C=O) groups excluding carboxylic acids is 3. The molecule has 0 aromatic heterocycles. The average Bonchev–Trinajstić information content (AvgIpc) is 3.30. The molecule has 1 aliphatic heterocycles. The molecule has 0 bridgehead atoms. The van der Waals surface area contributed by atoms with E-state index in [2.05, 4.69) is 18.7 Å². The first-order valence-corrected chi connectivity index (χ1v) is 17.3. The molecular formula is C35H53NO10. The molecule has 5 aliphatic rings. The summed E-state index contributed by atoms with van der Waals surface area (Å²) in [6.45, 7) is 10.1. The van der Waals surface area contributed by atoms with E-state index in [1.165, 1.54) is 6.42 Å². The van der Waals surface area contributed by atoms with E-state index in [-0.39, 0.29) is 53.0 Å². The maximum Gasteiger partial charge on any atom is 0.336 e. The second-order valence-electron chi connectivity index (χ2n) is 16.1. The van der Waals surface area contributed by atoms with Crippen molar-refractivity contribution >= 4 is 29.7 Å². The molecule has 258 valence electrons. The molecule has 0 amide bonds. The Morgan fingerprint density at radius 3 is 2.17 bits per heavy atom. The Kier molecular flexibility index (Phi) is 9.70. The van der Waals surface area contributed by atoms with Crippen molar-refractivity contribution in [3.63, 3.8) is 0 Å². The third-order valence-corrected chi connectivity index (χ3v) is 13.1. The molecule has 0 aromatic rings. The minimum absolute atomic E-state index is 0.0353. The van der Waals surface area contributed by atoms with Crippen LogP contribution < -0.4 is 0 Å². The lowest BCUT2D eigenvalue weighted by Crippen LogP contribution is -2.61. The standard InChI is InChI=1S/C35H53NO10/c1-21(37)24-10-11-25-23-9-8-22-16-32(2,46-28(40)19-35(44,31(42)43)18-27(38)39)12-13-33(22,3)30(23)26(17-34(24,25)4)45-29(41)20-36-14-6-5-7-15-36/h22-26,30,44H,5-20H2,1-4H3,(H,38,39)(H,42,43)/t22?,23-,24+,25-,26?,30+,32?,33-,34+,35?/m0/s1. The van der Waals surface area contributed by atoms with Gasteiger partial charge in [-0.25, -0.2) is 4.79 Å². The van der Waals surface area contributed by atoms with Crippen LogP contribution in [-0.4, -0.2) is 86.8 Å². The van der Waals surface area contributed by atoms with Crippen LogP contribution in [0.5, 0.6) is 0 Å². The van der Waals surface area contributed by atoms with Crippen molar-refractivity contribution in [3.05, 3.63) is 0 Å². The fourth-order valence-corrected chi connectivity index (χ4v) is 10.9. The Labute approximate surface area is 271 Å². The largest absolute Gasteiger partial charge is 0.481 e. The van der Waals surface area contributed by atoms with E-state index in [9.17, 15) is 34.2 Å². The van der Waals surface area contributed by atoms with Crippen LogP contribution in [0.3, 0.4) is 0 Å². The minimum atomic E-state index is -2.75. The van der Waals surface area contributed by atoms with Gasteiger partial charge in [-0.1, -0.05) is 20.3 Å². The SMILES string of the molecule is CC(=O)[C@H]1CC[C@H]2[C@@H]3CCC4CC(C)(OC(=O)CC(O)(CC(=O)O)C(=O)O)CC[C@]4(C)[C@H]3C(OC(=O)CN3CCCCC3)C[C@]12C. The van der Waals surface area contributed by atoms with E-state index < -0.39 is 42.0 Å². The highest BCUT2D eigenvalue weighted by Gasteiger charge is 2.65. The van der Waals surface area contributed by atoms with Crippen LogP contribution in [0.25, 0.3) is 0 Å². The summed E-state index contributed by atoms with van der Waals surface area (Å²) in [5.74, 6) is -3.33. The van der Waals surface area contributed by atoms with Crippen LogP contribution in [0.1, 0.15) is 111 Å². The smallest absolute Gasteiger partial charge is 0.336 e. The Morgan fingerprint density at radius 1 is 0.848 bits per heavy atom. The van der Waals surface area contributed by atoms with Gasteiger partial charge in [-0.05, 0) is 120 Å². The molecule has 5 rings (SSSR count). The molecule has 11 heteroatoms. The molecular weight excluding hydrogens is 594 g/mol. The molecule has 11 nitrogen and oxygen atoms in total. The number of likely N-dealkylation sites (tertiary alicyclic amines) is 1. The summed E-state index contributed by atoms with van der Waals surface area (Å²) >= 11 is 0. The van der Waals surface area contributed by atoms with Crippen LogP contribution in [0.4, 0.5) is 0 Å². The van der Waals surface area contributed by atoms with Gasteiger partial charge < -0.3 is 24.8 Å². The fourth-order valence-electron chi connectivity index (χ4n) is 10.9. The number of piperidine rings is 1. The maximum absolute atomic E-state index is 13.5. The average molecular weight is 648 g/mol. The van der Waals surface area contributed by atoms with Gasteiger partial charge >= 0.3 is 23.9 Å². The van der Waals surface area contributed by atoms with Gasteiger partial charge in [0.15, 0.2) is 5.60 Å². The lowest BCUT2D eigenvalue weighted by Gasteiger charge is -2.63. The van der Waals surface area contributed by atoms with Gasteiger partial charge in [0.25, 0.3) is 0 Å². The highest BCUT2D eigenvalue weighted by molar-refractivity contribution is 5.88. The maximum atomic E-state index is 13.5. The van der Waals surface area contributed by atoms with Crippen molar-refractivity contribution in [2.24, 2.45) is 40.4 Å². The summed E-state index contributed by atoms with van der Waals surface area (Å²) in [7, 11) is 0. The number of ketones is 1. The van der Waals surface area contributed by atoms with Crippen molar-refractivity contribution in [2.45, 2.75) is 128 Å². The highest BCUT2D eigenvalue weighted by Crippen LogP contribution is 2.68. The van der Waals surface area contributed by atoms with Crippen molar-refractivity contribution in [2.75, 3.05) is 19.6 Å². The number of hydrogen-bond donors (Lipinski definition) is 3. The van der Waals surface area contributed by atoms with Crippen LogP contribution in [0.15, 0.2) is 0 Å². The summed E-state index contributed by atoms with van der Waals surface area (Å²) in [4.78, 5) is 64.3. The molecule has 4 aliphatic carbocycles. The van der Waals surface area contributed by atoms with Crippen molar-refractivity contribution in [3.8, 4) is 0 Å². The lowest BCUT2D eigenvalue weighted by molar-refractivity contribution is -0.212. The second kappa shape index (κ2) is 12.8. The summed E-state index contributed by atoms with van der Waals surface area (Å²) in [6, 6.07) is 0. The molecule has 4 saturated carbocycles. The van der Waals surface area contributed by atoms with E-state index in [1.54, 1.807) is 6.92 Å². The molecule has 46 heavy (non-hydrogen) atoms. The zero-order valence-corrected chi connectivity index (χ0v) is 27.9. The van der Waals surface area contributed by atoms with E-state index in [4.69, 9.17) is 14.6 Å². The first-order chi connectivity index (χ1) is 21.5. The van der Waals surface area contributed by atoms with E-state index in [1.807, 2.05) is 6.92 Å². The molecule has 0 aromatic carbocycles.